The molecule has 2 heterocycles. The molecule has 2 rings (SSSR count). The van der Waals surface area contributed by atoms with Crippen LogP contribution in [0.3, 0.4) is 0 Å². The number of rotatable bonds is 3. The summed E-state index contributed by atoms with van der Waals surface area (Å²) in [5.74, 6) is 0.236. The van der Waals surface area contributed by atoms with Crippen LogP contribution in [0.2, 0.25) is 0 Å². The summed E-state index contributed by atoms with van der Waals surface area (Å²) < 4.78 is 10.6. The first kappa shape index (κ1) is 11.8. The van der Waals surface area contributed by atoms with E-state index in [-0.39, 0.29) is 6.61 Å². The van der Waals surface area contributed by atoms with Crippen LogP contribution in [0.25, 0.3) is 0 Å². The predicted molar refractivity (Wildman–Crippen MR) is 62.3 cm³/mol. The lowest BCUT2D eigenvalue weighted by Gasteiger charge is -2.02. The third kappa shape index (κ3) is 3.13. The van der Waals surface area contributed by atoms with Crippen molar-refractivity contribution in [2.75, 3.05) is 0 Å². The number of esters is 1. The van der Waals surface area contributed by atoms with Gasteiger partial charge in [0.05, 0.1) is 5.56 Å². The fourth-order valence-electron chi connectivity index (χ4n) is 1.23. The van der Waals surface area contributed by atoms with E-state index in [4.69, 9.17) is 9.26 Å². The molecule has 6 heteroatoms. The molecule has 0 N–H and O–H groups in total. The van der Waals surface area contributed by atoms with E-state index >= 15 is 0 Å². The molecular formula is C11H9BrN2O3. The molecule has 0 amide bonds. The highest BCUT2D eigenvalue weighted by atomic mass is 79.9. The molecule has 0 bridgehead atoms. The molecule has 2 aromatic rings. The topological polar surface area (TPSA) is 65.2 Å². The number of ether oxygens (including phenoxy) is 1. The zero-order valence-corrected chi connectivity index (χ0v) is 10.6. The molecule has 17 heavy (non-hydrogen) atoms. The summed E-state index contributed by atoms with van der Waals surface area (Å²) in [4.78, 5) is 15.5. The Kier molecular flexibility index (Phi) is 3.53. The standard InChI is InChI=1S/C11H9BrN2O3/c1-7-2-10(14-17-7)6-16-11(15)8-3-9(12)5-13-4-8/h2-5H,6H2,1H3. The second-order valence-corrected chi connectivity index (χ2v) is 4.31. The van der Waals surface area contributed by atoms with Gasteiger partial charge in [0.15, 0.2) is 0 Å². The van der Waals surface area contributed by atoms with E-state index in [1.807, 2.05) is 0 Å². The Labute approximate surface area is 106 Å². The monoisotopic (exact) mass is 296 g/mol. The first-order valence-corrected chi connectivity index (χ1v) is 5.64. The Morgan fingerprint density at radius 1 is 1.47 bits per heavy atom. The van der Waals surface area contributed by atoms with Crippen LogP contribution in [-0.2, 0) is 11.3 Å². The third-order valence-corrected chi connectivity index (χ3v) is 2.40. The average molecular weight is 297 g/mol. The van der Waals surface area contributed by atoms with Crippen molar-refractivity contribution in [3.8, 4) is 0 Å². The molecule has 0 aliphatic rings. The SMILES string of the molecule is Cc1cc(COC(=O)c2cncc(Br)c2)no1. The van der Waals surface area contributed by atoms with Crippen LogP contribution in [0.15, 0.2) is 33.5 Å². The normalized spacial score (nSPS) is 10.2. The number of hydrogen-bond donors (Lipinski definition) is 0. The molecule has 0 saturated carbocycles. The van der Waals surface area contributed by atoms with Gasteiger partial charge in [-0.3, -0.25) is 4.98 Å². The quantitative estimate of drug-likeness (QED) is 0.814. The van der Waals surface area contributed by atoms with E-state index in [0.717, 1.165) is 4.47 Å². The molecule has 2 aromatic heterocycles. The van der Waals surface area contributed by atoms with Crippen molar-refractivity contribution >= 4 is 21.9 Å². The van der Waals surface area contributed by atoms with Crippen molar-refractivity contribution in [1.82, 2.24) is 10.1 Å². The Bertz CT molecular complexity index is 539. The van der Waals surface area contributed by atoms with E-state index in [9.17, 15) is 4.79 Å². The Balaban J connectivity index is 1.98. The number of aromatic nitrogens is 2. The fourth-order valence-corrected chi connectivity index (χ4v) is 1.60. The molecular weight excluding hydrogens is 288 g/mol. The predicted octanol–water partition coefficient (Wildman–Crippen LogP) is 2.50. The van der Waals surface area contributed by atoms with Crippen molar-refractivity contribution in [2.24, 2.45) is 0 Å². The summed E-state index contributed by atoms with van der Waals surface area (Å²) in [6.07, 6.45) is 3.04. The van der Waals surface area contributed by atoms with Crippen molar-refractivity contribution in [3.63, 3.8) is 0 Å². The minimum atomic E-state index is -0.445. The van der Waals surface area contributed by atoms with Gasteiger partial charge in [-0.1, -0.05) is 5.16 Å². The zero-order chi connectivity index (χ0) is 12.3. The summed E-state index contributed by atoms with van der Waals surface area (Å²) in [7, 11) is 0. The molecule has 0 aromatic carbocycles. The van der Waals surface area contributed by atoms with Crippen molar-refractivity contribution < 1.29 is 14.1 Å². The summed E-state index contributed by atoms with van der Waals surface area (Å²) >= 11 is 3.23. The zero-order valence-electron chi connectivity index (χ0n) is 9.01. The van der Waals surface area contributed by atoms with Gasteiger partial charge >= 0.3 is 5.97 Å². The minimum Gasteiger partial charge on any atom is -0.455 e. The first-order chi connectivity index (χ1) is 8.15. The van der Waals surface area contributed by atoms with Gasteiger partial charge in [0.2, 0.25) is 0 Å². The number of carbonyl (C=O) groups is 1. The van der Waals surface area contributed by atoms with E-state index in [1.165, 1.54) is 6.20 Å². The maximum Gasteiger partial charge on any atom is 0.340 e. The van der Waals surface area contributed by atoms with Gasteiger partial charge in [0.25, 0.3) is 0 Å². The number of halogens is 1. The van der Waals surface area contributed by atoms with E-state index in [2.05, 4.69) is 26.1 Å². The Morgan fingerprint density at radius 2 is 2.29 bits per heavy atom. The summed E-state index contributed by atoms with van der Waals surface area (Å²) in [5.41, 5.74) is 0.971. The highest BCUT2D eigenvalue weighted by Crippen LogP contribution is 2.11. The Morgan fingerprint density at radius 3 is 2.94 bits per heavy atom. The maximum absolute atomic E-state index is 11.6. The van der Waals surface area contributed by atoms with Gasteiger partial charge in [-0.2, -0.15) is 0 Å². The molecule has 0 atom stereocenters. The molecule has 0 aliphatic carbocycles. The van der Waals surface area contributed by atoms with E-state index in [0.29, 0.717) is 17.0 Å². The number of carbonyl (C=O) groups excluding carboxylic acids is 1. The van der Waals surface area contributed by atoms with Gasteiger partial charge in [-0.15, -0.1) is 0 Å². The second kappa shape index (κ2) is 5.09. The third-order valence-electron chi connectivity index (χ3n) is 1.97. The lowest BCUT2D eigenvalue weighted by Crippen LogP contribution is -2.05. The van der Waals surface area contributed by atoms with Crippen LogP contribution in [0.5, 0.6) is 0 Å². The summed E-state index contributed by atoms with van der Waals surface area (Å²) in [6, 6.07) is 3.36. The highest BCUT2D eigenvalue weighted by Gasteiger charge is 2.09. The maximum atomic E-state index is 11.6. The molecule has 0 saturated heterocycles. The van der Waals surface area contributed by atoms with E-state index in [1.54, 1.807) is 25.3 Å². The summed E-state index contributed by atoms with van der Waals surface area (Å²) in [6.45, 7) is 1.86. The molecule has 0 aliphatic heterocycles. The average Bonchev–Trinajstić information content (AvgIpc) is 2.72. The molecule has 0 radical (unpaired) electrons. The largest absolute Gasteiger partial charge is 0.455 e. The van der Waals surface area contributed by atoms with Gasteiger partial charge in [0, 0.05) is 22.9 Å². The van der Waals surface area contributed by atoms with Gasteiger partial charge in [-0.05, 0) is 28.9 Å². The smallest absolute Gasteiger partial charge is 0.340 e. The van der Waals surface area contributed by atoms with Gasteiger partial charge < -0.3 is 9.26 Å². The molecule has 0 fully saturated rings. The number of aryl methyl sites for hydroxylation is 1. The van der Waals surface area contributed by atoms with Gasteiger partial charge in [0.1, 0.15) is 18.1 Å². The van der Waals surface area contributed by atoms with Crippen LogP contribution in [0.4, 0.5) is 0 Å². The van der Waals surface area contributed by atoms with Crippen LogP contribution < -0.4 is 0 Å². The lowest BCUT2D eigenvalue weighted by atomic mass is 10.3. The molecule has 0 unspecified atom stereocenters. The van der Waals surface area contributed by atoms with Gasteiger partial charge in [-0.25, -0.2) is 4.79 Å². The molecule has 0 spiro atoms. The first-order valence-electron chi connectivity index (χ1n) is 4.85. The van der Waals surface area contributed by atoms with E-state index < -0.39 is 5.97 Å². The highest BCUT2D eigenvalue weighted by molar-refractivity contribution is 9.10. The van der Waals surface area contributed by atoms with Crippen LogP contribution in [0.1, 0.15) is 21.8 Å². The van der Waals surface area contributed by atoms with Crippen LogP contribution in [0, 0.1) is 6.92 Å². The number of pyridine rings is 1. The van der Waals surface area contributed by atoms with Crippen molar-refractivity contribution in [2.45, 2.75) is 13.5 Å². The number of nitrogens with zero attached hydrogens (tertiary/aromatic N) is 2. The van der Waals surface area contributed by atoms with Crippen molar-refractivity contribution in [1.29, 1.82) is 0 Å². The minimum absolute atomic E-state index is 0.0860. The van der Waals surface area contributed by atoms with Crippen LogP contribution >= 0.6 is 15.9 Å². The fraction of sp³-hybridized carbons (Fsp3) is 0.182. The summed E-state index contributed by atoms with van der Waals surface area (Å²) in [5, 5.41) is 3.72. The number of hydrogen-bond acceptors (Lipinski definition) is 5. The second-order valence-electron chi connectivity index (χ2n) is 3.40. The Hall–Kier alpha value is -1.69. The van der Waals surface area contributed by atoms with Crippen LogP contribution in [-0.4, -0.2) is 16.1 Å². The van der Waals surface area contributed by atoms with Crippen molar-refractivity contribution in [3.05, 3.63) is 46.0 Å². The lowest BCUT2D eigenvalue weighted by molar-refractivity contribution is 0.0463. The molecule has 88 valence electrons. The molecule has 5 nitrogen and oxygen atoms in total.